The van der Waals surface area contributed by atoms with Gasteiger partial charge >= 0.3 is 0 Å². The van der Waals surface area contributed by atoms with Gasteiger partial charge < -0.3 is 4.74 Å². The number of nitrogens with one attached hydrogen (secondary N) is 1. The van der Waals surface area contributed by atoms with Crippen LogP contribution in [0.2, 0.25) is 5.02 Å². The first-order valence-electron chi connectivity index (χ1n) is 7.53. The molecule has 1 aromatic rings. The lowest BCUT2D eigenvalue weighted by Crippen LogP contribution is -2.48. The summed E-state index contributed by atoms with van der Waals surface area (Å²) in [4.78, 5) is 0. The molecule has 0 saturated carbocycles. The predicted octanol–water partition coefficient (Wildman–Crippen LogP) is 2.67. The number of benzene rings is 1. The maximum atomic E-state index is 12.2. The molecule has 0 spiro atoms. The Hall–Kier alpha value is -0.820. The molecule has 0 aliphatic carbocycles. The summed E-state index contributed by atoms with van der Waals surface area (Å²) in [6.07, 6.45) is 1.80. The van der Waals surface area contributed by atoms with Gasteiger partial charge in [-0.2, -0.15) is 17.4 Å². The van der Waals surface area contributed by atoms with Crippen LogP contribution in [0.1, 0.15) is 26.7 Å². The summed E-state index contributed by atoms with van der Waals surface area (Å²) < 4.78 is 34.3. The minimum Gasteiger partial charge on any atom is -0.492 e. The van der Waals surface area contributed by atoms with Gasteiger partial charge in [-0.25, -0.2) is 0 Å². The molecule has 124 valence electrons. The normalized spacial score (nSPS) is 20.3. The Labute approximate surface area is 137 Å². The molecular weight excluding hydrogens is 324 g/mol. The van der Waals surface area contributed by atoms with Crippen LogP contribution < -0.4 is 9.46 Å². The Kier molecular flexibility index (Phi) is 6.09. The fourth-order valence-corrected chi connectivity index (χ4v) is 4.23. The van der Waals surface area contributed by atoms with Crippen molar-refractivity contribution in [2.45, 2.75) is 32.7 Å². The molecule has 1 aromatic carbocycles. The molecule has 1 saturated heterocycles. The minimum atomic E-state index is -3.40. The molecule has 5 nitrogen and oxygen atoms in total. The van der Waals surface area contributed by atoms with Gasteiger partial charge in [0, 0.05) is 25.0 Å². The third kappa shape index (κ3) is 4.84. The zero-order valence-electron chi connectivity index (χ0n) is 13.0. The Morgan fingerprint density at radius 1 is 1.41 bits per heavy atom. The summed E-state index contributed by atoms with van der Waals surface area (Å²) >= 11 is 6.06. The SMILES string of the molecule is CC(C)NS(=O)(=O)N1CCC[C@H](COc2ccccc2Cl)C1. The van der Waals surface area contributed by atoms with Crippen molar-refractivity contribution in [1.29, 1.82) is 0 Å². The zero-order valence-corrected chi connectivity index (χ0v) is 14.5. The molecule has 1 aliphatic rings. The van der Waals surface area contributed by atoms with Gasteiger partial charge in [-0.15, -0.1) is 0 Å². The van der Waals surface area contributed by atoms with Gasteiger partial charge in [-0.1, -0.05) is 23.7 Å². The van der Waals surface area contributed by atoms with E-state index in [2.05, 4.69) is 4.72 Å². The first-order valence-corrected chi connectivity index (χ1v) is 9.35. The second-order valence-electron chi connectivity index (χ2n) is 5.89. The molecule has 1 fully saturated rings. The van der Waals surface area contributed by atoms with Crippen molar-refractivity contribution >= 4 is 21.8 Å². The molecule has 1 atom stereocenters. The van der Waals surface area contributed by atoms with Gasteiger partial charge in [0.05, 0.1) is 11.6 Å². The first kappa shape index (κ1) is 17.5. The zero-order chi connectivity index (χ0) is 16.2. The van der Waals surface area contributed by atoms with Crippen LogP contribution in [-0.2, 0) is 10.2 Å². The lowest BCUT2D eigenvalue weighted by molar-refractivity contribution is 0.179. The number of nitrogens with zero attached hydrogens (tertiary/aromatic N) is 1. The van der Waals surface area contributed by atoms with E-state index in [1.165, 1.54) is 4.31 Å². The number of rotatable bonds is 6. The Balaban J connectivity index is 1.92. The van der Waals surface area contributed by atoms with E-state index >= 15 is 0 Å². The molecule has 0 aromatic heterocycles. The number of hydrogen-bond donors (Lipinski definition) is 1. The van der Waals surface area contributed by atoms with Crippen LogP contribution in [0.5, 0.6) is 5.75 Å². The molecule has 2 rings (SSSR count). The second kappa shape index (κ2) is 7.64. The summed E-state index contributed by atoms with van der Waals surface area (Å²) in [6, 6.07) is 7.21. The van der Waals surface area contributed by atoms with Gasteiger partial charge in [0.15, 0.2) is 0 Å². The highest BCUT2D eigenvalue weighted by Gasteiger charge is 2.29. The van der Waals surface area contributed by atoms with E-state index in [1.807, 2.05) is 32.0 Å². The van der Waals surface area contributed by atoms with Crippen LogP contribution in [0.3, 0.4) is 0 Å². The van der Waals surface area contributed by atoms with Crippen molar-refractivity contribution in [1.82, 2.24) is 9.03 Å². The van der Waals surface area contributed by atoms with Gasteiger partial charge in [-0.3, -0.25) is 0 Å². The third-order valence-corrected chi connectivity index (χ3v) is 5.61. The lowest BCUT2D eigenvalue weighted by Gasteiger charge is -2.32. The van der Waals surface area contributed by atoms with Crippen LogP contribution in [0.4, 0.5) is 0 Å². The quantitative estimate of drug-likeness (QED) is 0.861. The monoisotopic (exact) mass is 346 g/mol. The number of halogens is 1. The van der Waals surface area contributed by atoms with E-state index < -0.39 is 10.2 Å². The first-order chi connectivity index (χ1) is 10.4. The Morgan fingerprint density at radius 2 is 2.14 bits per heavy atom. The molecule has 0 amide bonds. The van der Waals surface area contributed by atoms with E-state index in [1.54, 1.807) is 6.07 Å². The predicted molar refractivity (Wildman–Crippen MR) is 88.4 cm³/mol. The topological polar surface area (TPSA) is 58.6 Å². The molecule has 22 heavy (non-hydrogen) atoms. The lowest BCUT2D eigenvalue weighted by atomic mass is 10.0. The van der Waals surface area contributed by atoms with E-state index in [0.717, 1.165) is 12.8 Å². The summed E-state index contributed by atoms with van der Waals surface area (Å²) in [5, 5.41) is 0.573. The number of ether oxygens (including phenoxy) is 1. The molecule has 1 aliphatic heterocycles. The molecular formula is C15H23ClN2O3S. The van der Waals surface area contributed by atoms with Crippen molar-refractivity contribution in [3.05, 3.63) is 29.3 Å². The molecule has 0 radical (unpaired) electrons. The van der Waals surface area contributed by atoms with E-state index in [4.69, 9.17) is 16.3 Å². The summed E-state index contributed by atoms with van der Waals surface area (Å²) in [5.41, 5.74) is 0. The average molecular weight is 347 g/mol. The number of piperidine rings is 1. The standard InChI is InChI=1S/C15H23ClN2O3S/c1-12(2)17-22(19,20)18-9-5-6-13(10-18)11-21-15-8-4-3-7-14(15)16/h3-4,7-8,12-13,17H,5-6,9-11H2,1-2H3/t13-/m0/s1. The van der Waals surface area contributed by atoms with Crippen molar-refractivity contribution in [2.75, 3.05) is 19.7 Å². The smallest absolute Gasteiger partial charge is 0.279 e. The highest BCUT2D eigenvalue weighted by molar-refractivity contribution is 7.87. The van der Waals surface area contributed by atoms with Crippen LogP contribution >= 0.6 is 11.6 Å². The second-order valence-corrected chi connectivity index (χ2v) is 7.99. The highest BCUT2D eigenvalue weighted by atomic mass is 35.5. The minimum absolute atomic E-state index is 0.107. The van der Waals surface area contributed by atoms with Gasteiger partial charge in [0.2, 0.25) is 0 Å². The van der Waals surface area contributed by atoms with Gasteiger partial charge in [0.25, 0.3) is 10.2 Å². The van der Waals surface area contributed by atoms with Crippen LogP contribution in [0, 0.1) is 5.92 Å². The van der Waals surface area contributed by atoms with E-state index in [0.29, 0.717) is 30.5 Å². The van der Waals surface area contributed by atoms with Crippen molar-refractivity contribution < 1.29 is 13.2 Å². The largest absolute Gasteiger partial charge is 0.492 e. The number of para-hydroxylation sites is 1. The van der Waals surface area contributed by atoms with Gasteiger partial charge in [-0.05, 0) is 38.8 Å². The Bertz CT molecular complexity index is 592. The van der Waals surface area contributed by atoms with Crippen LogP contribution in [0.15, 0.2) is 24.3 Å². The van der Waals surface area contributed by atoms with E-state index in [-0.39, 0.29) is 12.0 Å². The summed E-state index contributed by atoms with van der Waals surface area (Å²) in [5.74, 6) is 0.818. The van der Waals surface area contributed by atoms with Crippen LogP contribution in [0.25, 0.3) is 0 Å². The molecule has 1 N–H and O–H groups in total. The average Bonchev–Trinajstić information content (AvgIpc) is 2.45. The van der Waals surface area contributed by atoms with E-state index in [9.17, 15) is 8.42 Å². The maximum Gasteiger partial charge on any atom is 0.279 e. The highest BCUT2D eigenvalue weighted by Crippen LogP contribution is 2.25. The van der Waals surface area contributed by atoms with Crippen molar-refractivity contribution in [3.63, 3.8) is 0 Å². The fraction of sp³-hybridized carbons (Fsp3) is 0.600. The molecule has 0 bridgehead atoms. The Morgan fingerprint density at radius 3 is 2.82 bits per heavy atom. The number of hydrogen-bond acceptors (Lipinski definition) is 3. The summed E-state index contributed by atoms with van der Waals surface area (Å²) in [7, 11) is -3.40. The maximum absolute atomic E-state index is 12.2. The summed E-state index contributed by atoms with van der Waals surface area (Å²) in [6.45, 7) is 5.15. The fourth-order valence-electron chi connectivity index (χ4n) is 2.52. The molecule has 7 heteroatoms. The molecule has 0 unspecified atom stereocenters. The van der Waals surface area contributed by atoms with Gasteiger partial charge in [0.1, 0.15) is 5.75 Å². The van der Waals surface area contributed by atoms with Crippen molar-refractivity contribution in [3.8, 4) is 5.75 Å². The third-order valence-electron chi connectivity index (χ3n) is 3.52. The van der Waals surface area contributed by atoms with Crippen molar-refractivity contribution in [2.24, 2.45) is 5.92 Å². The van der Waals surface area contributed by atoms with Crippen LogP contribution in [-0.4, -0.2) is 38.5 Å². The molecule has 1 heterocycles.